The van der Waals surface area contributed by atoms with Gasteiger partial charge in [0.25, 0.3) is 5.91 Å². The number of carbonyl (C=O) groups is 2. The van der Waals surface area contributed by atoms with Crippen LogP contribution >= 0.6 is 11.6 Å². The number of nitrogens with one attached hydrogen (secondary N) is 1. The minimum atomic E-state index is -0.108. The average Bonchev–Trinajstić information content (AvgIpc) is 3.02. The lowest BCUT2D eigenvalue weighted by Crippen LogP contribution is -2.51. The molecule has 44 heavy (non-hydrogen) atoms. The van der Waals surface area contributed by atoms with Gasteiger partial charge >= 0.3 is 6.03 Å². The summed E-state index contributed by atoms with van der Waals surface area (Å²) < 4.78 is 5.46. The van der Waals surface area contributed by atoms with Gasteiger partial charge in [0.2, 0.25) is 0 Å². The first kappa shape index (κ1) is 33.1. The van der Waals surface area contributed by atoms with Gasteiger partial charge in [-0.3, -0.25) is 9.69 Å². The molecule has 1 aliphatic heterocycles. The predicted octanol–water partition coefficient (Wildman–Crippen LogP) is 7.60. The monoisotopic (exact) mass is 616 g/mol. The van der Waals surface area contributed by atoms with Crippen molar-refractivity contribution in [3.8, 4) is 5.75 Å². The highest BCUT2D eigenvalue weighted by Gasteiger charge is 2.25. The lowest BCUT2D eigenvalue weighted by Gasteiger charge is -2.36. The molecule has 4 rings (SSSR count). The Morgan fingerprint density at radius 2 is 1.55 bits per heavy atom. The van der Waals surface area contributed by atoms with Crippen molar-refractivity contribution in [2.24, 2.45) is 0 Å². The number of hydrogen-bond acceptors (Lipinski definition) is 4. The van der Waals surface area contributed by atoms with E-state index in [9.17, 15) is 9.59 Å². The second-order valence-electron chi connectivity index (χ2n) is 11.8. The van der Waals surface area contributed by atoms with Crippen LogP contribution in [-0.2, 0) is 0 Å². The number of benzene rings is 3. The van der Waals surface area contributed by atoms with E-state index >= 15 is 0 Å². The maximum absolute atomic E-state index is 13.6. The van der Waals surface area contributed by atoms with Gasteiger partial charge in [-0.15, -0.1) is 0 Å². The number of halogens is 1. The highest BCUT2D eigenvalue weighted by Crippen LogP contribution is 2.32. The van der Waals surface area contributed by atoms with Crippen LogP contribution in [0.5, 0.6) is 5.75 Å². The van der Waals surface area contributed by atoms with Crippen LogP contribution < -0.4 is 10.1 Å². The van der Waals surface area contributed by atoms with Crippen LogP contribution in [0, 0.1) is 0 Å². The fraction of sp³-hybridized carbons (Fsp3) is 0.389. The summed E-state index contributed by atoms with van der Waals surface area (Å²) in [5.41, 5.74) is 4.70. The van der Waals surface area contributed by atoms with Crippen LogP contribution in [0.4, 0.5) is 10.5 Å². The van der Waals surface area contributed by atoms with Crippen LogP contribution in [0.2, 0.25) is 5.02 Å². The van der Waals surface area contributed by atoms with Gasteiger partial charge in [-0.25, -0.2) is 4.79 Å². The molecule has 7 nitrogen and oxygen atoms in total. The summed E-state index contributed by atoms with van der Waals surface area (Å²) in [6.45, 7) is 13.0. The van der Waals surface area contributed by atoms with Crippen molar-refractivity contribution < 1.29 is 14.3 Å². The van der Waals surface area contributed by atoms with Crippen molar-refractivity contribution in [1.29, 1.82) is 0 Å². The minimum absolute atomic E-state index is 0.0587. The largest absolute Gasteiger partial charge is 0.496 e. The van der Waals surface area contributed by atoms with Gasteiger partial charge in [0.1, 0.15) is 5.75 Å². The standard InChI is InChI=1S/C36H45ClN4O3/c1-26(2)29-15-10-16-30(27(3)4)34(29)38-36(43)41-24-21-39(22-25-41)20-23-40(35(42)31-14-7-8-17-32(31)37)19-11-13-28-12-6-9-18-33(28)44-5/h6-18,26-27H,19-25H2,1-5H3,(H,38,43)/b13-11+. The Kier molecular flexibility index (Phi) is 11.9. The van der Waals surface area contributed by atoms with Crippen molar-refractivity contribution in [3.63, 3.8) is 0 Å². The molecule has 0 saturated carbocycles. The molecule has 0 spiro atoms. The fourth-order valence-electron chi connectivity index (χ4n) is 5.51. The van der Waals surface area contributed by atoms with E-state index in [1.165, 1.54) is 0 Å². The van der Waals surface area contributed by atoms with E-state index in [2.05, 4.69) is 56.1 Å². The van der Waals surface area contributed by atoms with Gasteiger partial charge in [-0.2, -0.15) is 0 Å². The second-order valence-corrected chi connectivity index (χ2v) is 12.2. The maximum atomic E-state index is 13.6. The number of carbonyl (C=O) groups excluding carboxylic acids is 2. The normalized spacial score (nSPS) is 14.0. The first-order valence-corrected chi connectivity index (χ1v) is 15.8. The number of urea groups is 1. The molecule has 0 aromatic heterocycles. The predicted molar refractivity (Wildman–Crippen MR) is 181 cm³/mol. The Hall–Kier alpha value is -3.81. The summed E-state index contributed by atoms with van der Waals surface area (Å²) in [5, 5.41) is 3.69. The summed E-state index contributed by atoms with van der Waals surface area (Å²) in [5.74, 6) is 1.29. The number of amides is 3. The third-order valence-corrected chi connectivity index (χ3v) is 8.43. The lowest BCUT2D eigenvalue weighted by molar-refractivity contribution is 0.0739. The molecule has 3 aromatic carbocycles. The van der Waals surface area contributed by atoms with E-state index in [-0.39, 0.29) is 11.9 Å². The number of rotatable bonds is 11. The van der Waals surface area contributed by atoms with Crippen LogP contribution in [0.3, 0.4) is 0 Å². The van der Waals surface area contributed by atoms with Gasteiger partial charge in [0, 0.05) is 57.1 Å². The molecule has 3 aromatic rings. The minimum Gasteiger partial charge on any atom is -0.496 e. The number of nitrogens with zero attached hydrogens (tertiary/aromatic N) is 3. The maximum Gasteiger partial charge on any atom is 0.321 e. The van der Waals surface area contributed by atoms with Crippen molar-refractivity contribution in [2.45, 2.75) is 39.5 Å². The molecule has 1 saturated heterocycles. The fourth-order valence-corrected chi connectivity index (χ4v) is 5.73. The van der Waals surface area contributed by atoms with E-state index < -0.39 is 0 Å². The van der Waals surface area contributed by atoms with E-state index in [1.54, 1.807) is 19.2 Å². The molecule has 1 heterocycles. The quantitative estimate of drug-likeness (QED) is 0.241. The van der Waals surface area contributed by atoms with E-state index in [0.29, 0.717) is 55.1 Å². The zero-order chi connectivity index (χ0) is 31.6. The van der Waals surface area contributed by atoms with Gasteiger partial charge in [-0.1, -0.05) is 100.0 Å². The molecule has 1 fully saturated rings. The molecule has 3 amide bonds. The van der Waals surface area contributed by atoms with Gasteiger partial charge in [0.15, 0.2) is 0 Å². The molecule has 8 heteroatoms. The number of methoxy groups -OCH3 is 1. The third-order valence-electron chi connectivity index (χ3n) is 8.10. The second kappa shape index (κ2) is 15.8. The Morgan fingerprint density at radius 1 is 0.909 bits per heavy atom. The van der Waals surface area contributed by atoms with Crippen molar-refractivity contribution in [2.75, 3.05) is 58.2 Å². The molecule has 1 N–H and O–H groups in total. The Bertz CT molecular complexity index is 1420. The number of piperazine rings is 1. The SMILES string of the molecule is COc1ccccc1/C=C/CN(CCN1CCN(C(=O)Nc2c(C(C)C)cccc2C(C)C)CC1)C(=O)c1ccccc1Cl. The number of hydrogen-bond donors (Lipinski definition) is 1. The Morgan fingerprint density at radius 3 is 2.18 bits per heavy atom. The zero-order valence-corrected chi connectivity index (χ0v) is 27.3. The van der Waals surface area contributed by atoms with E-state index in [0.717, 1.165) is 41.2 Å². The average molecular weight is 617 g/mol. The van der Waals surface area contributed by atoms with E-state index in [4.69, 9.17) is 16.3 Å². The summed E-state index contributed by atoms with van der Waals surface area (Å²) in [6.07, 6.45) is 3.96. The van der Waals surface area contributed by atoms with Crippen LogP contribution in [0.25, 0.3) is 6.08 Å². The van der Waals surface area contributed by atoms with Crippen LogP contribution in [-0.4, -0.2) is 79.6 Å². The summed E-state index contributed by atoms with van der Waals surface area (Å²) in [6, 6.07) is 21.2. The molecular formula is C36H45ClN4O3. The van der Waals surface area contributed by atoms with Gasteiger partial charge in [-0.05, 0) is 41.2 Å². The van der Waals surface area contributed by atoms with Gasteiger partial charge < -0.3 is 19.9 Å². The van der Waals surface area contributed by atoms with Crippen molar-refractivity contribution in [1.82, 2.24) is 14.7 Å². The number of anilines is 1. The Labute approximate surface area is 267 Å². The first-order valence-electron chi connectivity index (χ1n) is 15.4. The molecule has 0 atom stereocenters. The number of ether oxygens (including phenoxy) is 1. The highest BCUT2D eigenvalue weighted by atomic mass is 35.5. The Balaban J connectivity index is 1.38. The summed E-state index contributed by atoms with van der Waals surface area (Å²) >= 11 is 6.40. The smallest absolute Gasteiger partial charge is 0.321 e. The molecule has 1 aliphatic rings. The topological polar surface area (TPSA) is 65.1 Å². The van der Waals surface area contributed by atoms with Crippen molar-refractivity contribution in [3.05, 3.63) is 100 Å². The molecule has 0 aliphatic carbocycles. The molecule has 0 bridgehead atoms. The molecule has 0 radical (unpaired) electrons. The molecule has 0 unspecified atom stereocenters. The molecule has 234 valence electrons. The third kappa shape index (κ3) is 8.42. The van der Waals surface area contributed by atoms with Gasteiger partial charge in [0.05, 0.1) is 17.7 Å². The molecular weight excluding hydrogens is 572 g/mol. The highest BCUT2D eigenvalue weighted by molar-refractivity contribution is 6.33. The van der Waals surface area contributed by atoms with Crippen LogP contribution in [0.15, 0.2) is 72.8 Å². The lowest BCUT2D eigenvalue weighted by atomic mass is 9.93. The summed E-state index contributed by atoms with van der Waals surface area (Å²) in [7, 11) is 1.65. The number of para-hydroxylation sites is 2. The zero-order valence-electron chi connectivity index (χ0n) is 26.6. The van der Waals surface area contributed by atoms with E-state index in [1.807, 2.05) is 58.4 Å². The first-order chi connectivity index (χ1) is 21.2. The summed E-state index contributed by atoms with van der Waals surface area (Å²) in [4.78, 5) is 33.0. The van der Waals surface area contributed by atoms with Crippen molar-refractivity contribution >= 4 is 35.3 Å². The van der Waals surface area contributed by atoms with Crippen LogP contribution in [0.1, 0.15) is 66.6 Å².